The second-order valence-corrected chi connectivity index (χ2v) is 18.8. The fourth-order valence-corrected chi connectivity index (χ4v) is 7.84. The number of carbonyl (C=O) groups is 3. The van der Waals surface area contributed by atoms with Crippen molar-refractivity contribution in [2.24, 2.45) is 0 Å². The number of carbonyl (C=O) groups excluding carboxylic acids is 3. The SMILES string of the molecule is CCCCC/C=C\C/C=C\C/C=C\C/C=C\CCCC(=O)OC(COC(=O)CCCCC/C=C\CCCCCCCCC)COC(=O)CCCCCCC/C=C\CCCCCCCCCCC. The molecule has 6 heteroatoms. The van der Waals surface area contributed by atoms with E-state index in [1.54, 1.807) is 0 Å². The number of hydrogen-bond donors (Lipinski definition) is 0. The molecule has 0 rings (SSSR count). The van der Waals surface area contributed by atoms with E-state index < -0.39 is 6.10 Å². The van der Waals surface area contributed by atoms with Gasteiger partial charge in [0.2, 0.25) is 0 Å². The Labute approximate surface area is 414 Å². The van der Waals surface area contributed by atoms with Crippen molar-refractivity contribution in [3.05, 3.63) is 72.9 Å². The third kappa shape index (κ3) is 53.7. The van der Waals surface area contributed by atoms with E-state index in [1.807, 2.05) is 0 Å². The third-order valence-electron chi connectivity index (χ3n) is 12.2. The molecule has 67 heavy (non-hydrogen) atoms. The molecule has 0 aliphatic heterocycles. The van der Waals surface area contributed by atoms with Crippen LogP contribution in [0.5, 0.6) is 0 Å². The number of esters is 3. The van der Waals surface area contributed by atoms with Crippen LogP contribution >= 0.6 is 0 Å². The summed E-state index contributed by atoms with van der Waals surface area (Å²) in [4.78, 5) is 38.1. The first kappa shape index (κ1) is 63.8. The van der Waals surface area contributed by atoms with Gasteiger partial charge in [-0.25, -0.2) is 0 Å². The lowest BCUT2D eigenvalue weighted by Crippen LogP contribution is -2.30. The lowest BCUT2D eigenvalue weighted by Gasteiger charge is -2.18. The Hall–Kier alpha value is -3.15. The molecule has 0 amide bonds. The number of allylic oxidation sites excluding steroid dienone is 12. The van der Waals surface area contributed by atoms with Crippen molar-refractivity contribution in [3.63, 3.8) is 0 Å². The molecule has 0 heterocycles. The molecule has 0 saturated heterocycles. The van der Waals surface area contributed by atoms with Gasteiger partial charge in [-0.2, -0.15) is 0 Å². The van der Waals surface area contributed by atoms with Crippen molar-refractivity contribution >= 4 is 17.9 Å². The van der Waals surface area contributed by atoms with Gasteiger partial charge in [0.05, 0.1) is 0 Å². The Balaban J connectivity index is 4.48. The molecule has 0 radical (unpaired) electrons. The summed E-state index contributed by atoms with van der Waals surface area (Å²) in [5.74, 6) is -0.980. The zero-order chi connectivity index (χ0) is 48.6. The van der Waals surface area contributed by atoms with Crippen LogP contribution in [0, 0.1) is 0 Å². The monoisotopic (exact) mass is 935 g/mol. The predicted molar refractivity (Wildman–Crippen MR) is 288 cm³/mol. The van der Waals surface area contributed by atoms with Gasteiger partial charge in [-0.15, -0.1) is 0 Å². The Bertz CT molecular complexity index is 1260. The maximum absolute atomic E-state index is 12.8. The summed E-state index contributed by atoms with van der Waals surface area (Å²) >= 11 is 0. The van der Waals surface area contributed by atoms with Crippen LogP contribution < -0.4 is 0 Å². The zero-order valence-corrected chi connectivity index (χ0v) is 44.2. The number of ether oxygens (including phenoxy) is 3. The van der Waals surface area contributed by atoms with Gasteiger partial charge in [-0.1, -0.05) is 222 Å². The van der Waals surface area contributed by atoms with Crippen LogP contribution in [0.4, 0.5) is 0 Å². The lowest BCUT2D eigenvalue weighted by atomic mass is 10.1. The van der Waals surface area contributed by atoms with Crippen molar-refractivity contribution in [2.45, 2.75) is 284 Å². The van der Waals surface area contributed by atoms with E-state index in [-0.39, 0.29) is 37.5 Å². The van der Waals surface area contributed by atoms with Crippen LogP contribution in [0.1, 0.15) is 278 Å². The van der Waals surface area contributed by atoms with Gasteiger partial charge in [0.15, 0.2) is 6.10 Å². The summed E-state index contributed by atoms with van der Waals surface area (Å²) in [7, 11) is 0. The van der Waals surface area contributed by atoms with Gasteiger partial charge < -0.3 is 14.2 Å². The van der Waals surface area contributed by atoms with Crippen molar-refractivity contribution in [3.8, 4) is 0 Å². The largest absolute Gasteiger partial charge is 0.462 e. The summed E-state index contributed by atoms with van der Waals surface area (Å²) in [5.41, 5.74) is 0. The molecule has 386 valence electrons. The maximum atomic E-state index is 12.8. The van der Waals surface area contributed by atoms with Gasteiger partial charge in [-0.05, 0) is 109 Å². The molecular formula is C61H106O6. The molecule has 0 aliphatic rings. The Morgan fingerprint density at radius 2 is 0.552 bits per heavy atom. The van der Waals surface area contributed by atoms with Crippen LogP contribution in [0.15, 0.2) is 72.9 Å². The molecule has 0 saturated carbocycles. The van der Waals surface area contributed by atoms with Gasteiger partial charge >= 0.3 is 17.9 Å². The molecule has 1 unspecified atom stereocenters. The number of hydrogen-bond acceptors (Lipinski definition) is 6. The minimum absolute atomic E-state index is 0.106. The van der Waals surface area contributed by atoms with Crippen molar-refractivity contribution in [2.75, 3.05) is 13.2 Å². The van der Waals surface area contributed by atoms with Gasteiger partial charge in [-0.3, -0.25) is 14.4 Å². The fourth-order valence-electron chi connectivity index (χ4n) is 7.84. The minimum Gasteiger partial charge on any atom is -0.462 e. The first-order chi connectivity index (χ1) is 33.0. The smallest absolute Gasteiger partial charge is 0.306 e. The van der Waals surface area contributed by atoms with Crippen molar-refractivity contribution < 1.29 is 28.6 Å². The molecule has 0 N–H and O–H groups in total. The molecule has 0 fully saturated rings. The van der Waals surface area contributed by atoms with E-state index in [2.05, 4.69) is 93.7 Å². The molecule has 0 aromatic carbocycles. The second kappa shape index (κ2) is 55.4. The molecular weight excluding hydrogens is 829 g/mol. The highest BCUT2D eigenvalue weighted by atomic mass is 16.6. The topological polar surface area (TPSA) is 78.9 Å². The third-order valence-corrected chi connectivity index (χ3v) is 12.2. The first-order valence-electron chi connectivity index (χ1n) is 28.4. The first-order valence-corrected chi connectivity index (χ1v) is 28.4. The van der Waals surface area contributed by atoms with Crippen molar-refractivity contribution in [1.29, 1.82) is 0 Å². The normalized spacial score (nSPS) is 12.6. The Morgan fingerprint density at radius 1 is 0.299 bits per heavy atom. The molecule has 6 nitrogen and oxygen atoms in total. The number of unbranched alkanes of at least 4 members (excludes halogenated alkanes) is 28. The molecule has 0 bridgehead atoms. The second-order valence-electron chi connectivity index (χ2n) is 18.8. The molecule has 0 aromatic rings. The Morgan fingerprint density at radius 3 is 0.940 bits per heavy atom. The van der Waals surface area contributed by atoms with E-state index in [4.69, 9.17) is 14.2 Å². The summed E-state index contributed by atoms with van der Waals surface area (Å²) < 4.78 is 16.8. The zero-order valence-electron chi connectivity index (χ0n) is 44.2. The van der Waals surface area contributed by atoms with Crippen LogP contribution in [-0.4, -0.2) is 37.2 Å². The standard InChI is InChI=1S/C61H106O6/c1-4-7-10-13-16-19-22-25-28-30-32-33-36-39-42-45-48-51-54-60(63)66-57-58(56-65-59(62)53-50-47-44-41-38-35-27-24-21-18-15-12-9-6-3)67-61(64)55-52-49-46-43-40-37-34-31-29-26-23-20-17-14-11-8-5-2/h17,20,26,29,32-35,37-38,43,46,58H,4-16,18-19,21-25,27-28,30-31,36,39-42,44-45,47-57H2,1-3H3/b20-17-,29-26-,33-32-,37-34-,38-35-,46-43-. The van der Waals surface area contributed by atoms with Gasteiger partial charge in [0.25, 0.3) is 0 Å². The lowest BCUT2D eigenvalue weighted by molar-refractivity contribution is -0.167. The van der Waals surface area contributed by atoms with E-state index in [9.17, 15) is 14.4 Å². The van der Waals surface area contributed by atoms with Crippen LogP contribution in [0.3, 0.4) is 0 Å². The average Bonchev–Trinajstić information content (AvgIpc) is 3.33. The van der Waals surface area contributed by atoms with Gasteiger partial charge in [0, 0.05) is 19.3 Å². The van der Waals surface area contributed by atoms with E-state index in [0.717, 1.165) is 83.5 Å². The molecule has 0 aromatic heterocycles. The van der Waals surface area contributed by atoms with Crippen LogP contribution in [0.2, 0.25) is 0 Å². The van der Waals surface area contributed by atoms with E-state index >= 15 is 0 Å². The molecule has 0 spiro atoms. The average molecular weight is 936 g/mol. The van der Waals surface area contributed by atoms with Gasteiger partial charge in [0.1, 0.15) is 13.2 Å². The highest BCUT2D eigenvalue weighted by Crippen LogP contribution is 2.14. The summed E-state index contributed by atoms with van der Waals surface area (Å²) in [6.45, 7) is 6.56. The van der Waals surface area contributed by atoms with Crippen LogP contribution in [-0.2, 0) is 28.6 Å². The van der Waals surface area contributed by atoms with E-state index in [0.29, 0.717) is 19.3 Å². The van der Waals surface area contributed by atoms with Crippen molar-refractivity contribution in [1.82, 2.24) is 0 Å². The quantitative estimate of drug-likeness (QED) is 0.0262. The highest BCUT2D eigenvalue weighted by Gasteiger charge is 2.19. The summed E-state index contributed by atoms with van der Waals surface area (Å²) in [6, 6.07) is 0. The minimum atomic E-state index is -0.813. The highest BCUT2D eigenvalue weighted by molar-refractivity contribution is 5.71. The number of rotatable bonds is 51. The Kier molecular flexibility index (Phi) is 52.8. The predicted octanol–water partition coefficient (Wildman–Crippen LogP) is 19.0. The molecule has 1 atom stereocenters. The van der Waals surface area contributed by atoms with E-state index in [1.165, 1.54) is 148 Å². The summed E-state index contributed by atoms with van der Waals surface area (Å²) in [5, 5.41) is 0. The maximum Gasteiger partial charge on any atom is 0.306 e. The summed E-state index contributed by atoms with van der Waals surface area (Å²) in [6.07, 6.45) is 70.4. The fraction of sp³-hybridized carbons (Fsp3) is 0.754. The molecule has 0 aliphatic carbocycles. The van der Waals surface area contributed by atoms with Crippen LogP contribution in [0.25, 0.3) is 0 Å².